The zero-order chi connectivity index (χ0) is 14.9. The number of aryl methyl sites for hydroxylation is 2. The Bertz CT molecular complexity index is 734. The molecule has 5 heteroatoms. The van der Waals surface area contributed by atoms with Crippen LogP contribution in [0.5, 0.6) is 0 Å². The molecule has 0 fully saturated rings. The summed E-state index contributed by atoms with van der Waals surface area (Å²) < 4.78 is 37.9. The van der Waals surface area contributed by atoms with E-state index in [4.69, 9.17) is 5.73 Å². The van der Waals surface area contributed by atoms with Crippen LogP contribution in [0.1, 0.15) is 16.7 Å². The Morgan fingerprint density at radius 3 is 2.20 bits per heavy atom. The van der Waals surface area contributed by atoms with Crippen LogP contribution in [0.15, 0.2) is 41.3 Å². The Morgan fingerprint density at radius 2 is 1.65 bits per heavy atom. The van der Waals surface area contributed by atoms with Crippen molar-refractivity contribution in [1.82, 2.24) is 0 Å². The van der Waals surface area contributed by atoms with Crippen LogP contribution in [0.4, 0.5) is 10.1 Å². The first kappa shape index (κ1) is 14.5. The third kappa shape index (κ3) is 3.17. The van der Waals surface area contributed by atoms with Crippen LogP contribution in [0, 0.1) is 19.7 Å². The molecule has 0 aromatic heterocycles. The molecule has 0 atom stereocenters. The molecule has 3 nitrogen and oxygen atoms in total. The molecule has 0 aliphatic rings. The van der Waals surface area contributed by atoms with Crippen molar-refractivity contribution >= 4 is 15.5 Å². The van der Waals surface area contributed by atoms with E-state index < -0.39 is 15.7 Å². The van der Waals surface area contributed by atoms with E-state index >= 15 is 0 Å². The monoisotopic (exact) mass is 293 g/mol. The molecule has 0 unspecified atom stereocenters. The fourth-order valence-corrected chi connectivity index (χ4v) is 3.49. The van der Waals surface area contributed by atoms with Crippen molar-refractivity contribution in [3.8, 4) is 0 Å². The van der Waals surface area contributed by atoms with Gasteiger partial charge in [0.25, 0.3) is 0 Å². The minimum Gasteiger partial charge on any atom is -0.396 e. The lowest BCUT2D eigenvalue weighted by molar-refractivity contribution is 0.591. The second kappa shape index (κ2) is 5.25. The molecule has 0 saturated carbocycles. The molecule has 106 valence electrons. The second-order valence-electron chi connectivity index (χ2n) is 4.94. The first-order valence-electron chi connectivity index (χ1n) is 6.13. The number of nitrogens with two attached hydrogens (primary N) is 1. The summed E-state index contributed by atoms with van der Waals surface area (Å²) in [5, 5.41) is 0. The van der Waals surface area contributed by atoms with E-state index in [1.807, 2.05) is 32.0 Å². The molecular weight excluding hydrogens is 277 g/mol. The maximum Gasteiger partial charge on any atom is 0.182 e. The maximum atomic E-state index is 13.4. The first-order chi connectivity index (χ1) is 9.28. The fraction of sp³-hybridized carbons (Fsp3) is 0.200. The van der Waals surface area contributed by atoms with E-state index in [1.165, 1.54) is 12.1 Å². The van der Waals surface area contributed by atoms with E-state index in [9.17, 15) is 12.8 Å². The van der Waals surface area contributed by atoms with Gasteiger partial charge in [0.05, 0.1) is 16.3 Å². The highest BCUT2D eigenvalue weighted by molar-refractivity contribution is 7.90. The van der Waals surface area contributed by atoms with E-state index in [-0.39, 0.29) is 16.3 Å². The predicted octanol–water partition coefficient (Wildman–Crippen LogP) is 3.00. The van der Waals surface area contributed by atoms with Crippen molar-refractivity contribution in [3.63, 3.8) is 0 Å². The van der Waals surface area contributed by atoms with Gasteiger partial charge in [-0.15, -0.1) is 0 Å². The summed E-state index contributed by atoms with van der Waals surface area (Å²) in [7, 11) is -3.58. The van der Waals surface area contributed by atoms with Gasteiger partial charge in [-0.25, -0.2) is 12.8 Å². The number of rotatable bonds is 3. The molecule has 0 radical (unpaired) electrons. The van der Waals surface area contributed by atoms with Gasteiger partial charge >= 0.3 is 0 Å². The lowest BCUT2D eigenvalue weighted by Crippen LogP contribution is -2.06. The molecule has 2 rings (SSSR count). The van der Waals surface area contributed by atoms with Gasteiger partial charge in [0.2, 0.25) is 0 Å². The van der Waals surface area contributed by atoms with Crippen molar-refractivity contribution in [1.29, 1.82) is 0 Å². The van der Waals surface area contributed by atoms with Gasteiger partial charge in [0.1, 0.15) is 5.82 Å². The summed E-state index contributed by atoms with van der Waals surface area (Å²) >= 11 is 0. The molecule has 0 bridgehead atoms. The minimum absolute atomic E-state index is 0.0524. The molecule has 0 amide bonds. The molecule has 2 aromatic carbocycles. The van der Waals surface area contributed by atoms with Crippen LogP contribution in [0.25, 0.3) is 0 Å². The lowest BCUT2D eigenvalue weighted by Gasteiger charge is -2.08. The van der Waals surface area contributed by atoms with Gasteiger partial charge in [0, 0.05) is 0 Å². The number of nitrogen functional groups attached to an aromatic ring is 1. The molecule has 0 saturated heterocycles. The Balaban J connectivity index is 2.37. The number of halogens is 1. The van der Waals surface area contributed by atoms with Gasteiger partial charge in [0.15, 0.2) is 9.84 Å². The standard InChI is InChI=1S/C15H16FNO2S/c1-10-5-11(2)7-12(6-10)9-20(18,19)13-3-4-15(17)14(16)8-13/h3-8H,9,17H2,1-2H3. The van der Waals surface area contributed by atoms with E-state index in [0.29, 0.717) is 5.56 Å². The predicted molar refractivity (Wildman–Crippen MR) is 77.6 cm³/mol. The summed E-state index contributed by atoms with van der Waals surface area (Å²) in [6.07, 6.45) is 0. The highest BCUT2D eigenvalue weighted by atomic mass is 32.2. The van der Waals surface area contributed by atoms with Gasteiger partial charge in [-0.3, -0.25) is 0 Å². The van der Waals surface area contributed by atoms with Crippen molar-refractivity contribution in [2.75, 3.05) is 5.73 Å². The average Bonchev–Trinajstić information content (AvgIpc) is 2.30. The largest absolute Gasteiger partial charge is 0.396 e. The van der Waals surface area contributed by atoms with E-state index in [1.54, 1.807) is 0 Å². The van der Waals surface area contributed by atoms with Crippen molar-refractivity contribution in [3.05, 3.63) is 58.9 Å². The third-order valence-electron chi connectivity index (χ3n) is 2.97. The quantitative estimate of drug-likeness (QED) is 0.885. The van der Waals surface area contributed by atoms with Crippen LogP contribution in [0.2, 0.25) is 0 Å². The zero-order valence-electron chi connectivity index (χ0n) is 11.4. The Hall–Kier alpha value is -1.88. The lowest BCUT2D eigenvalue weighted by atomic mass is 10.1. The maximum absolute atomic E-state index is 13.4. The third-order valence-corrected chi connectivity index (χ3v) is 4.65. The number of sulfone groups is 1. The highest BCUT2D eigenvalue weighted by Crippen LogP contribution is 2.21. The number of anilines is 1. The molecule has 20 heavy (non-hydrogen) atoms. The Morgan fingerprint density at radius 1 is 1.05 bits per heavy atom. The summed E-state index contributed by atoms with van der Waals surface area (Å²) in [5.41, 5.74) is 7.99. The Labute approximate surface area is 118 Å². The first-order valence-corrected chi connectivity index (χ1v) is 7.78. The average molecular weight is 293 g/mol. The molecular formula is C15H16FNO2S. The van der Waals surface area contributed by atoms with Crippen LogP contribution >= 0.6 is 0 Å². The van der Waals surface area contributed by atoms with Crippen molar-refractivity contribution in [2.45, 2.75) is 24.5 Å². The number of benzene rings is 2. The van der Waals surface area contributed by atoms with Crippen LogP contribution < -0.4 is 5.73 Å². The summed E-state index contributed by atoms with van der Waals surface area (Å²) in [6.45, 7) is 3.82. The molecule has 0 aliphatic carbocycles. The van der Waals surface area contributed by atoms with Gasteiger partial charge in [-0.1, -0.05) is 29.3 Å². The summed E-state index contributed by atoms with van der Waals surface area (Å²) in [4.78, 5) is -0.0524. The van der Waals surface area contributed by atoms with Crippen LogP contribution in [-0.4, -0.2) is 8.42 Å². The van der Waals surface area contributed by atoms with Crippen molar-refractivity contribution in [2.24, 2.45) is 0 Å². The van der Waals surface area contributed by atoms with Gasteiger partial charge in [-0.05, 0) is 37.6 Å². The van der Waals surface area contributed by atoms with E-state index in [0.717, 1.165) is 17.2 Å². The molecule has 0 spiro atoms. The minimum atomic E-state index is -3.58. The fourth-order valence-electron chi connectivity index (χ4n) is 2.16. The Kier molecular flexibility index (Phi) is 3.81. The van der Waals surface area contributed by atoms with E-state index in [2.05, 4.69) is 0 Å². The zero-order valence-corrected chi connectivity index (χ0v) is 12.2. The normalized spacial score (nSPS) is 11.6. The molecule has 0 aliphatic heterocycles. The molecule has 2 N–H and O–H groups in total. The summed E-state index contributed by atoms with van der Waals surface area (Å²) in [5.74, 6) is -0.870. The number of hydrogen-bond acceptors (Lipinski definition) is 3. The van der Waals surface area contributed by atoms with Crippen molar-refractivity contribution < 1.29 is 12.8 Å². The topological polar surface area (TPSA) is 60.2 Å². The van der Waals surface area contributed by atoms with Crippen LogP contribution in [-0.2, 0) is 15.6 Å². The number of hydrogen-bond donors (Lipinski definition) is 1. The second-order valence-corrected chi connectivity index (χ2v) is 6.93. The molecule has 2 aromatic rings. The summed E-state index contributed by atoms with van der Waals surface area (Å²) in [6, 6.07) is 9.17. The van der Waals surface area contributed by atoms with Crippen LogP contribution in [0.3, 0.4) is 0 Å². The smallest absolute Gasteiger partial charge is 0.182 e. The highest BCUT2D eigenvalue weighted by Gasteiger charge is 2.17. The van der Waals surface area contributed by atoms with Gasteiger partial charge in [-0.2, -0.15) is 0 Å². The molecule has 0 heterocycles. The van der Waals surface area contributed by atoms with Gasteiger partial charge < -0.3 is 5.73 Å². The SMILES string of the molecule is Cc1cc(C)cc(CS(=O)(=O)c2ccc(N)c(F)c2)c1.